The van der Waals surface area contributed by atoms with E-state index in [0.717, 1.165) is 19.9 Å². The fourth-order valence-corrected chi connectivity index (χ4v) is 4.09. The summed E-state index contributed by atoms with van der Waals surface area (Å²) in [5.41, 5.74) is 6.91. The number of nitrogens with zero attached hydrogens (tertiary/aromatic N) is 6. The molecule has 0 amide bonds. The van der Waals surface area contributed by atoms with Crippen molar-refractivity contribution in [1.29, 1.82) is 5.26 Å². The van der Waals surface area contributed by atoms with Crippen LogP contribution in [0.15, 0.2) is 35.6 Å². The Labute approximate surface area is 143 Å². The van der Waals surface area contributed by atoms with Crippen LogP contribution in [0.25, 0.3) is 15.2 Å². The van der Waals surface area contributed by atoms with Crippen LogP contribution in [0.5, 0.6) is 0 Å². The van der Waals surface area contributed by atoms with E-state index in [1.165, 1.54) is 29.3 Å². The van der Waals surface area contributed by atoms with Crippen molar-refractivity contribution in [2.45, 2.75) is 5.16 Å². The number of carbonyl (C=O) groups is 1. The smallest absolute Gasteiger partial charge is 0.259 e. The fourth-order valence-electron chi connectivity index (χ4n) is 2.28. The number of para-hydroxylation sites is 1. The van der Waals surface area contributed by atoms with Crippen molar-refractivity contribution < 1.29 is 4.79 Å². The SMILES string of the molecule is N#Cc1cnn(C(=O)CSc2nnc3sc4ccccc4n23)c1N. The number of nitrogens with two attached hydrogens (primary N) is 1. The average Bonchev–Trinajstić information content (AvgIpc) is 3.25. The molecule has 0 aliphatic heterocycles. The van der Waals surface area contributed by atoms with E-state index in [2.05, 4.69) is 15.3 Å². The number of carbonyl (C=O) groups excluding carboxylic acids is 1. The van der Waals surface area contributed by atoms with Gasteiger partial charge in [-0.15, -0.1) is 10.2 Å². The normalized spacial score (nSPS) is 11.1. The van der Waals surface area contributed by atoms with Crippen LogP contribution in [0.2, 0.25) is 0 Å². The average molecular weight is 355 g/mol. The van der Waals surface area contributed by atoms with E-state index in [1.54, 1.807) is 0 Å². The summed E-state index contributed by atoms with van der Waals surface area (Å²) in [6.07, 6.45) is 1.28. The van der Waals surface area contributed by atoms with E-state index in [4.69, 9.17) is 11.0 Å². The van der Waals surface area contributed by atoms with Crippen LogP contribution in [0, 0.1) is 11.3 Å². The van der Waals surface area contributed by atoms with Crippen molar-refractivity contribution in [1.82, 2.24) is 24.4 Å². The molecule has 4 aromatic rings. The minimum Gasteiger partial charge on any atom is -0.382 e. The van der Waals surface area contributed by atoms with Crippen molar-refractivity contribution in [3.8, 4) is 6.07 Å². The molecule has 3 heterocycles. The first kappa shape index (κ1) is 14.7. The number of nitrogen functional groups attached to an aromatic ring is 1. The van der Waals surface area contributed by atoms with Gasteiger partial charge in [-0.1, -0.05) is 35.2 Å². The van der Waals surface area contributed by atoms with Gasteiger partial charge < -0.3 is 5.73 Å². The van der Waals surface area contributed by atoms with Gasteiger partial charge in [0.1, 0.15) is 17.5 Å². The van der Waals surface area contributed by atoms with E-state index in [0.29, 0.717) is 5.16 Å². The highest BCUT2D eigenvalue weighted by Crippen LogP contribution is 2.29. The largest absolute Gasteiger partial charge is 0.382 e. The highest BCUT2D eigenvalue weighted by Gasteiger charge is 2.17. The van der Waals surface area contributed by atoms with Gasteiger partial charge in [0, 0.05) is 0 Å². The second-order valence-corrected chi connectivity index (χ2v) is 6.77. The molecule has 0 aliphatic carbocycles. The molecule has 0 bridgehead atoms. The molecule has 0 aliphatic rings. The maximum absolute atomic E-state index is 12.3. The summed E-state index contributed by atoms with van der Waals surface area (Å²) in [5.74, 6) is -0.187. The fraction of sp³-hybridized carbons (Fsp3) is 0.0714. The number of rotatable bonds is 3. The molecular weight excluding hydrogens is 346 g/mol. The molecule has 0 atom stereocenters. The summed E-state index contributed by atoms with van der Waals surface area (Å²) in [5, 5.41) is 21.6. The molecule has 0 saturated carbocycles. The van der Waals surface area contributed by atoms with E-state index < -0.39 is 0 Å². The Kier molecular flexibility index (Phi) is 3.44. The topological polar surface area (TPSA) is 115 Å². The molecule has 1 aromatic carbocycles. The molecule has 0 saturated heterocycles. The number of anilines is 1. The minimum absolute atomic E-state index is 0.0514. The molecule has 2 N–H and O–H groups in total. The molecule has 10 heteroatoms. The van der Waals surface area contributed by atoms with Gasteiger partial charge >= 0.3 is 0 Å². The van der Waals surface area contributed by atoms with Gasteiger partial charge in [-0.2, -0.15) is 15.0 Å². The molecule has 4 rings (SSSR count). The number of thiazole rings is 1. The van der Waals surface area contributed by atoms with Crippen LogP contribution in [-0.2, 0) is 0 Å². The molecule has 0 unspecified atom stereocenters. The Morgan fingerprint density at radius 3 is 3.00 bits per heavy atom. The number of benzene rings is 1. The van der Waals surface area contributed by atoms with Crippen LogP contribution in [-0.4, -0.2) is 36.0 Å². The highest BCUT2D eigenvalue weighted by atomic mass is 32.2. The van der Waals surface area contributed by atoms with Crippen molar-refractivity contribution >= 4 is 50.0 Å². The second kappa shape index (κ2) is 5.63. The van der Waals surface area contributed by atoms with Crippen molar-refractivity contribution in [3.63, 3.8) is 0 Å². The molecule has 0 spiro atoms. The summed E-state index contributed by atoms with van der Waals surface area (Å²) < 4.78 is 4.06. The first-order chi connectivity index (χ1) is 11.7. The zero-order valence-corrected chi connectivity index (χ0v) is 13.7. The summed E-state index contributed by atoms with van der Waals surface area (Å²) >= 11 is 2.79. The van der Waals surface area contributed by atoms with Gasteiger partial charge in [0.25, 0.3) is 5.91 Å². The van der Waals surface area contributed by atoms with Crippen LogP contribution >= 0.6 is 23.1 Å². The number of fused-ring (bicyclic) bond motifs is 3. The maximum Gasteiger partial charge on any atom is 0.259 e. The minimum atomic E-state index is -0.324. The molecule has 3 aromatic heterocycles. The van der Waals surface area contributed by atoms with Crippen molar-refractivity contribution in [2.75, 3.05) is 11.5 Å². The summed E-state index contributed by atoms with van der Waals surface area (Å²) in [4.78, 5) is 13.0. The van der Waals surface area contributed by atoms with Gasteiger partial charge in [-0.25, -0.2) is 0 Å². The van der Waals surface area contributed by atoms with Crippen LogP contribution in [0.1, 0.15) is 10.4 Å². The molecule has 8 nitrogen and oxygen atoms in total. The van der Waals surface area contributed by atoms with Gasteiger partial charge in [0.2, 0.25) is 4.96 Å². The number of aromatic nitrogens is 5. The zero-order valence-electron chi connectivity index (χ0n) is 12.1. The van der Waals surface area contributed by atoms with Crippen LogP contribution in [0.3, 0.4) is 0 Å². The number of thioether (sulfide) groups is 1. The number of hydrogen-bond acceptors (Lipinski definition) is 8. The predicted octanol–water partition coefficient (Wildman–Crippen LogP) is 2.03. The summed E-state index contributed by atoms with van der Waals surface area (Å²) in [7, 11) is 0. The third-order valence-electron chi connectivity index (χ3n) is 3.40. The summed E-state index contributed by atoms with van der Waals surface area (Å²) in [6, 6.07) is 9.80. The monoisotopic (exact) mass is 355 g/mol. The Hall–Kier alpha value is -2.90. The quantitative estimate of drug-likeness (QED) is 0.559. The van der Waals surface area contributed by atoms with Crippen molar-refractivity contribution in [2.24, 2.45) is 0 Å². The lowest BCUT2D eigenvalue weighted by molar-refractivity contribution is 0.0929. The molecule has 0 fully saturated rings. The first-order valence-corrected chi connectivity index (χ1v) is 8.61. The predicted molar refractivity (Wildman–Crippen MR) is 91.1 cm³/mol. The second-order valence-electron chi connectivity index (χ2n) is 4.82. The molecule has 118 valence electrons. The van der Waals surface area contributed by atoms with Crippen LogP contribution in [0.4, 0.5) is 5.82 Å². The first-order valence-electron chi connectivity index (χ1n) is 6.81. The number of nitriles is 1. The van der Waals surface area contributed by atoms with E-state index in [-0.39, 0.29) is 23.0 Å². The lowest BCUT2D eigenvalue weighted by Gasteiger charge is -2.02. The summed E-state index contributed by atoms with van der Waals surface area (Å²) in [6.45, 7) is 0. The van der Waals surface area contributed by atoms with E-state index >= 15 is 0 Å². The van der Waals surface area contributed by atoms with E-state index in [1.807, 2.05) is 34.7 Å². The maximum atomic E-state index is 12.3. The molecular formula is C14H9N7OS2. The van der Waals surface area contributed by atoms with Gasteiger partial charge in [0.15, 0.2) is 5.16 Å². The zero-order chi connectivity index (χ0) is 16.7. The Bertz CT molecular complexity index is 1120. The van der Waals surface area contributed by atoms with Crippen molar-refractivity contribution in [3.05, 3.63) is 36.0 Å². The lowest BCUT2D eigenvalue weighted by Crippen LogP contribution is -2.17. The van der Waals surface area contributed by atoms with Crippen LogP contribution < -0.4 is 5.73 Å². The van der Waals surface area contributed by atoms with Gasteiger partial charge in [-0.3, -0.25) is 9.20 Å². The Morgan fingerprint density at radius 1 is 1.38 bits per heavy atom. The Morgan fingerprint density at radius 2 is 2.21 bits per heavy atom. The third-order valence-corrected chi connectivity index (χ3v) is 5.32. The third kappa shape index (κ3) is 2.22. The molecule has 24 heavy (non-hydrogen) atoms. The lowest BCUT2D eigenvalue weighted by atomic mass is 10.3. The highest BCUT2D eigenvalue weighted by molar-refractivity contribution is 7.99. The Balaban J connectivity index is 1.62. The van der Waals surface area contributed by atoms with Gasteiger partial charge in [0.05, 0.1) is 22.2 Å². The van der Waals surface area contributed by atoms with E-state index in [9.17, 15) is 4.79 Å². The number of hydrogen-bond donors (Lipinski definition) is 1. The van der Waals surface area contributed by atoms with Gasteiger partial charge in [-0.05, 0) is 12.1 Å². The standard InChI is InChI=1S/C14H9N7OS2/c15-5-8-6-17-21(12(8)16)11(22)7-23-13-18-19-14-20(13)9-3-1-2-4-10(9)24-14/h1-4,6H,7,16H2. The molecule has 0 radical (unpaired) electrons.